The summed E-state index contributed by atoms with van der Waals surface area (Å²) in [5.74, 6) is 2.29. The number of hydrogen-bond acceptors (Lipinski definition) is 3. The van der Waals surface area contributed by atoms with Gasteiger partial charge in [0.05, 0.1) is 0 Å². The Hall–Kier alpha value is -1.12. The first-order valence-corrected chi connectivity index (χ1v) is 6.23. The minimum atomic E-state index is 0.533. The molecule has 1 saturated carbocycles. The third-order valence-electron chi connectivity index (χ3n) is 3.82. The van der Waals surface area contributed by atoms with Gasteiger partial charge in [-0.2, -0.15) is 0 Å². The van der Waals surface area contributed by atoms with Crippen LogP contribution in [0.2, 0.25) is 0 Å². The first kappa shape index (κ1) is 11.4. The molecule has 1 aliphatic rings. The molecule has 1 aromatic heterocycles. The maximum absolute atomic E-state index is 4.40. The molecule has 1 N–H and O–H groups in total. The maximum Gasteiger partial charge on any atom is 0.223 e. The van der Waals surface area contributed by atoms with Crippen LogP contribution in [0.4, 0.5) is 5.95 Å². The molecule has 3 unspecified atom stereocenters. The minimum absolute atomic E-state index is 0.533. The van der Waals surface area contributed by atoms with E-state index in [9.17, 15) is 0 Å². The zero-order valence-electron chi connectivity index (χ0n) is 10.4. The second-order valence-corrected chi connectivity index (χ2v) is 5.04. The van der Waals surface area contributed by atoms with Gasteiger partial charge in [-0.25, -0.2) is 9.97 Å². The zero-order valence-corrected chi connectivity index (χ0v) is 10.4. The van der Waals surface area contributed by atoms with E-state index in [2.05, 4.69) is 29.1 Å². The molecule has 16 heavy (non-hydrogen) atoms. The Morgan fingerprint density at radius 1 is 1.31 bits per heavy atom. The molecule has 1 fully saturated rings. The van der Waals surface area contributed by atoms with Gasteiger partial charge in [0.25, 0.3) is 0 Å². The number of anilines is 1. The van der Waals surface area contributed by atoms with Gasteiger partial charge in [-0.05, 0) is 31.2 Å². The van der Waals surface area contributed by atoms with Crippen molar-refractivity contribution in [3.63, 3.8) is 0 Å². The summed E-state index contributed by atoms with van der Waals surface area (Å²) in [6, 6.07) is 2.46. The highest BCUT2D eigenvalue weighted by Crippen LogP contribution is 2.30. The molecular weight excluding hydrogens is 198 g/mol. The van der Waals surface area contributed by atoms with Crippen molar-refractivity contribution in [2.24, 2.45) is 11.8 Å². The van der Waals surface area contributed by atoms with Crippen LogP contribution in [-0.4, -0.2) is 16.0 Å². The van der Waals surface area contributed by atoms with E-state index in [1.165, 1.54) is 19.3 Å². The Labute approximate surface area is 97.7 Å². The number of nitrogens with one attached hydrogen (secondary N) is 1. The standard InChI is InChI=1S/C13H21N3/c1-9-5-4-6-12(11(9)3)16-13-14-8-7-10(2)15-13/h7-9,11-12H,4-6H2,1-3H3,(H,14,15,16). The number of aryl methyl sites for hydroxylation is 1. The summed E-state index contributed by atoms with van der Waals surface area (Å²) in [4.78, 5) is 8.68. The molecule has 88 valence electrons. The number of aromatic nitrogens is 2. The van der Waals surface area contributed by atoms with Gasteiger partial charge < -0.3 is 5.32 Å². The first-order valence-electron chi connectivity index (χ1n) is 6.23. The quantitative estimate of drug-likeness (QED) is 0.830. The fraction of sp³-hybridized carbons (Fsp3) is 0.692. The van der Waals surface area contributed by atoms with Gasteiger partial charge in [0, 0.05) is 17.9 Å². The van der Waals surface area contributed by atoms with E-state index in [0.29, 0.717) is 12.0 Å². The summed E-state index contributed by atoms with van der Waals surface area (Å²) < 4.78 is 0. The van der Waals surface area contributed by atoms with Gasteiger partial charge in [0.15, 0.2) is 0 Å². The lowest BCUT2D eigenvalue weighted by molar-refractivity contribution is 0.252. The van der Waals surface area contributed by atoms with Gasteiger partial charge in [0.1, 0.15) is 0 Å². The summed E-state index contributed by atoms with van der Waals surface area (Å²) in [6.45, 7) is 6.67. The van der Waals surface area contributed by atoms with Crippen LogP contribution in [0.15, 0.2) is 12.3 Å². The van der Waals surface area contributed by atoms with Crippen molar-refractivity contribution in [1.82, 2.24) is 9.97 Å². The van der Waals surface area contributed by atoms with Gasteiger partial charge in [0.2, 0.25) is 5.95 Å². The lowest BCUT2D eigenvalue weighted by Crippen LogP contribution is -2.35. The van der Waals surface area contributed by atoms with E-state index in [-0.39, 0.29) is 0 Å². The predicted octanol–water partition coefficient (Wildman–Crippen LogP) is 3.02. The first-order chi connectivity index (χ1) is 7.66. The van der Waals surface area contributed by atoms with Crippen molar-refractivity contribution in [3.05, 3.63) is 18.0 Å². The summed E-state index contributed by atoms with van der Waals surface area (Å²) in [7, 11) is 0. The molecule has 0 amide bonds. The summed E-state index contributed by atoms with van der Waals surface area (Å²) in [5, 5.41) is 3.48. The van der Waals surface area contributed by atoms with Crippen molar-refractivity contribution in [3.8, 4) is 0 Å². The van der Waals surface area contributed by atoms with Crippen LogP contribution in [0.1, 0.15) is 38.8 Å². The van der Waals surface area contributed by atoms with Gasteiger partial charge in [-0.1, -0.05) is 26.7 Å². The molecule has 0 aliphatic heterocycles. The topological polar surface area (TPSA) is 37.8 Å². The summed E-state index contributed by atoms with van der Waals surface area (Å²) >= 11 is 0. The van der Waals surface area contributed by atoms with Gasteiger partial charge >= 0.3 is 0 Å². The fourth-order valence-corrected chi connectivity index (χ4v) is 2.47. The van der Waals surface area contributed by atoms with Gasteiger partial charge in [-0.15, -0.1) is 0 Å². The molecule has 1 heterocycles. The average Bonchev–Trinajstić information content (AvgIpc) is 2.25. The Balaban J connectivity index is 2.03. The van der Waals surface area contributed by atoms with Crippen molar-refractivity contribution in [2.45, 2.75) is 46.1 Å². The molecule has 1 aliphatic carbocycles. The zero-order chi connectivity index (χ0) is 11.5. The van der Waals surface area contributed by atoms with Crippen LogP contribution in [0.5, 0.6) is 0 Å². The fourth-order valence-electron chi connectivity index (χ4n) is 2.47. The average molecular weight is 219 g/mol. The molecule has 1 aromatic rings. The lowest BCUT2D eigenvalue weighted by atomic mass is 9.78. The third kappa shape index (κ3) is 2.52. The van der Waals surface area contributed by atoms with Crippen molar-refractivity contribution >= 4 is 5.95 Å². The molecule has 3 nitrogen and oxygen atoms in total. The van der Waals surface area contributed by atoms with E-state index in [4.69, 9.17) is 0 Å². The second-order valence-electron chi connectivity index (χ2n) is 5.04. The molecule has 0 radical (unpaired) electrons. The highest BCUT2D eigenvalue weighted by atomic mass is 15.1. The Morgan fingerprint density at radius 3 is 2.88 bits per heavy atom. The molecule has 0 spiro atoms. The van der Waals surface area contributed by atoms with E-state index in [1.807, 2.05) is 19.2 Å². The summed E-state index contributed by atoms with van der Waals surface area (Å²) in [6.07, 6.45) is 5.73. The van der Waals surface area contributed by atoms with Crippen LogP contribution >= 0.6 is 0 Å². The van der Waals surface area contributed by atoms with E-state index in [1.54, 1.807) is 0 Å². The summed E-state index contributed by atoms with van der Waals surface area (Å²) in [5.41, 5.74) is 1.02. The smallest absolute Gasteiger partial charge is 0.223 e. The van der Waals surface area contributed by atoms with Crippen molar-refractivity contribution in [2.75, 3.05) is 5.32 Å². The van der Waals surface area contributed by atoms with Crippen LogP contribution in [0.3, 0.4) is 0 Å². The number of nitrogens with zero attached hydrogens (tertiary/aromatic N) is 2. The molecule has 3 atom stereocenters. The van der Waals surface area contributed by atoms with Crippen LogP contribution in [0.25, 0.3) is 0 Å². The molecule has 0 aromatic carbocycles. The van der Waals surface area contributed by atoms with Crippen LogP contribution in [0, 0.1) is 18.8 Å². The largest absolute Gasteiger partial charge is 0.351 e. The molecule has 0 bridgehead atoms. The molecule has 0 saturated heterocycles. The molecule has 3 heteroatoms. The second kappa shape index (κ2) is 4.81. The highest BCUT2D eigenvalue weighted by molar-refractivity contribution is 5.27. The number of hydrogen-bond donors (Lipinski definition) is 1. The van der Waals surface area contributed by atoms with E-state index in [0.717, 1.165) is 17.6 Å². The third-order valence-corrected chi connectivity index (χ3v) is 3.82. The van der Waals surface area contributed by atoms with E-state index < -0.39 is 0 Å². The number of rotatable bonds is 2. The lowest BCUT2D eigenvalue weighted by Gasteiger charge is -2.34. The highest BCUT2D eigenvalue weighted by Gasteiger charge is 2.27. The minimum Gasteiger partial charge on any atom is -0.351 e. The molecular formula is C13H21N3. The Morgan fingerprint density at radius 2 is 2.12 bits per heavy atom. The van der Waals surface area contributed by atoms with Gasteiger partial charge in [-0.3, -0.25) is 0 Å². The predicted molar refractivity (Wildman–Crippen MR) is 66.4 cm³/mol. The van der Waals surface area contributed by atoms with Crippen molar-refractivity contribution in [1.29, 1.82) is 0 Å². The molecule has 2 rings (SSSR count). The Bertz CT molecular complexity index is 351. The SMILES string of the molecule is Cc1ccnc(NC2CCCC(C)C2C)n1. The normalized spacial score (nSPS) is 30.1. The maximum atomic E-state index is 4.40. The van der Waals surface area contributed by atoms with Crippen molar-refractivity contribution < 1.29 is 0 Å². The monoisotopic (exact) mass is 219 g/mol. The van der Waals surface area contributed by atoms with E-state index >= 15 is 0 Å². The van der Waals surface area contributed by atoms with Crippen LogP contribution in [-0.2, 0) is 0 Å². The van der Waals surface area contributed by atoms with Crippen LogP contribution < -0.4 is 5.32 Å². The Kier molecular flexibility index (Phi) is 3.42.